The van der Waals surface area contributed by atoms with Crippen LogP contribution in [0.25, 0.3) is 0 Å². The number of nitrogens with one attached hydrogen (secondary N) is 1. The van der Waals surface area contributed by atoms with Crippen molar-refractivity contribution in [1.29, 1.82) is 0 Å². The van der Waals surface area contributed by atoms with Crippen LogP contribution in [0.15, 0.2) is 42.5 Å². The van der Waals surface area contributed by atoms with Gasteiger partial charge in [0.15, 0.2) is 5.78 Å². The fraction of sp³-hybridized carbons (Fsp3) is 0.300. The normalized spacial score (nSPS) is 12.4. The van der Waals surface area contributed by atoms with Gasteiger partial charge in [-0.15, -0.1) is 0 Å². The van der Waals surface area contributed by atoms with Crippen LogP contribution in [0, 0.1) is 10.5 Å². The summed E-state index contributed by atoms with van der Waals surface area (Å²) in [5, 5.41) is 3.21. The third-order valence-corrected chi connectivity index (χ3v) is 4.71. The fourth-order valence-electron chi connectivity index (χ4n) is 2.30. The largest absolute Gasteiger partial charge is 0.444 e. The maximum absolute atomic E-state index is 13.0. The van der Waals surface area contributed by atoms with E-state index in [9.17, 15) is 9.59 Å². The topological polar surface area (TPSA) is 55.4 Å². The molecule has 0 spiro atoms. The standard InChI is InChI=1S/C20H21ClINO3/c1-12-5-6-14(11-16(12)21)17(23-19(25)26-20(2,3)4)18(24)13-7-9-15(22)10-8-13/h5-11,17H,1-4H3,(H,23,25). The summed E-state index contributed by atoms with van der Waals surface area (Å²) in [6, 6.07) is 11.6. The minimum Gasteiger partial charge on any atom is -0.444 e. The van der Waals surface area contributed by atoms with Crippen LogP contribution in [0.3, 0.4) is 0 Å². The van der Waals surface area contributed by atoms with Gasteiger partial charge in [-0.05, 0) is 79.6 Å². The van der Waals surface area contributed by atoms with Gasteiger partial charge in [-0.1, -0.05) is 35.9 Å². The Bertz CT molecular complexity index is 813. The van der Waals surface area contributed by atoms with E-state index in [4.69, 9.17) is 16.3 Å². The molecule has 0 saturated carbocycles. The lowest BCUT2D eigenvalue weighted by Gasteiger charge is -2.23. The van der Waals surface area contributed by atoms with Gasteiger partial charge in [-0.3, -0.25) is 4.79 Å². The zero-order valence-electron chi connectivity index (χ0n) is 15.1. The lowest BCUT2D eigenvalue weighted by Crippen LogP contribution is -2.38. The number of halogens is 2. The number of ketones is 1. The highest BCUT2D eigenvalue weighted by Gasteiger charge is 2.27. The van der Waals surface area contributed by atoms with Crippen molar-refractivity contribution in [3.05, 3.63) is 67.7 Å². The summed E-state index contributed by atoms with van der Waals surface area (Å²) in [5.41, 5.74) is 1.34. The molecule has 1 unspecified atom stereocenters. The van der Waals surface area contributed by atoms with Crippen molar-refractivity contribution in [3.63, 3.8) is 0 Å². The zero-order chi connectivity index (χ0) is 19.5. The molecule has 6 heteroatoms. The number of alkyl carbamates (subject to hydrolysis) is 1. The smallest absolute Gasteiger partial charge is 0.408 e. The maximum Gasteiger partial charge on any atom is 0.408 e. The summed E-state index contributed by atoms with van der Waals surface area (Å²) >= 11 is 8.39. The first-order valence-corrected chi connectivity index (χ1v) is 9.58. The molecular weight excluding hydrogens is 465 g/mol. The number of carbonyl (C=O) groups excluding carboxylic acids is 2. The van der Waals surface area contributed by atoms with Crippen LogP contribution in [-0.4, -0.2) is 17.5 Å². The summed E-state index contributed by atoms with van der Waals surface area (Å²) in [7, 11) is 0. The van der Waals surface area contributed by atoms with Crippen molar-refractivity contribution in [3.8, 4) is 0 Å². The Morgan fingerprint density at radius 3 is 2.27 bits per heavy atom. The molecule has 0 aliphatic heterocycles. The second-order valence-corrected chi connectivity index (χ2v) is 8.61. The zero-order valence-corrected chi connectivity index (χ0v) is 18.0. The minimum absolute atomic E-state index is 0.229. The molecular formula is C20H21ClINO3. The lowest BCUT2D eigenvalue weighted by molar-refractivity contribution is 0.0491. The number of hydrogen-bond donors (Lipinski definition) is 1. The quantitative estimate of drug-likeness (QED) is 0.446. The van der Waals surface area contributed by atoms with E-state index in [0.717, 1.165) is 9.13 Å². The second-order valence-electron chi connectivity index (χ2n) is 6.96. The predicted octanol–water partition coefficient (Wildman–Crippen LogP) is 5.70. The number of hydrogen-bond acceptors (Lipinski definition) is 3. The van der Waals surface area contributed by atoms with E-state index >= 15 is 0 Å². The molecule has 0 aliphatic rings. The highest BCUT2D eigenvalue weighted by atomic mass is 127. The van der Waals surface area contributed by atoms with Gasteiger partial charge < -0.3 is 10.1 Å². The van der Waals surface area contributed by atoms with Crippen molar-refractivity contribution in [1.82, 2.24) is 5.32 Å². The molecule has 4 nitrogen and oxygen atoms in total. The number of rotatable bonds is 4. The highest BCUT2D eigenvalue weighted by Crippen LogP contribution is 2.25. The Morgan fingerprint density at radius 1 is 1.12 bits per heavy atom. The Morgan fingerprint density at radius 2 is 1.73 bits per heavy atom. The summed E-state index contributed by atoms with van der Waals surface area (Å²) in [6.45, 7) is 7.19. The lowest BCUT2D eigenvalue weighted by atomic mass is 9.97. The molecule has 1 amide bonds. The molecule has 1 atom stereocenters. The van der Waals surface area contributed by atoms with Gasteiger partial charge >= 0.3 is 6.09 Å². The maximum atomic E-state index is 13.0. The molecule has 2 aromatic rings. The molecule has 0 saturated heterocycles. The fourth-order valence-corrected chi connectivity index (χ4v) is 2.84. The third-order valence-electron chi connectivity index (χ3n) is 3.58. The van der Waals surface area contributed by atoms with Crippen LogP contribution in [-0.2, 0) is 4.74 Å². The van der Waals surface area contributed by atoms with Gasteiger partial charge in [0.25, 0.3) is 0 Å². The van der Waals surface area contributed by atoms with Crippen LogP contribution < -0.4 is 5.32 Å². The third kappa shape index (κ3) is 5.71. The van der Waals surface area contributed by atoms with Gasteiger partial charge in [-0.25, -0.2) is 4.79 Å². The van der Waals surface area contributed by atoms with Gasteiger partial charge in [0, 0.05) is 14.2 Å². The van der Waals surface area contributed by atoms with E-state index < -0.39 is 17.7 Å². The van der Waals surface area contributed by atoms with Crippen molar-refractivity contribution >= 4 is 46.1 Å². The molecule has 2 rings (SSSR count). The summed E-state index contributed by atoms with van der Waals surface area (Å²) in [4.78, 5) is 25.3. The van der Waals surface area contributed by atoms with E-state index in [0.29, 0.717) is 16.1 Å². The van der Waals surface area contributed by atoms with Crippen molar-refractivity contribution in [2.24, 2.45) is 0 Å². The van der Waals surface area contributed by atoms with Crippen LogP contribution >= 0.6 is 34.2 Å². The first kappa shape index (κ1) is 20.7. The second kappa shape index (κ2) is 8.39. The number of ether oxygens (including phenoxy) is 1. The average Bonchev–Trinajstić information content (AvgIpc) is 2.54. The number of carbonyl (C=O) groups is 2. The van der Waals surface area contributed by atoms with Crippen LogP contribution in [0.5, 0.6) is 0 Å². The molecule has 26 heavy (non-hydrogen) atoms. The highest BCUT2D eigenvalue weighted by molar-refractivity contribution is 14.1. The van der Waals surface area contributed by atoms with E-state index in [1.165, 1.54) is 0 Å². The molecule has 0 aliphatic carbocycles. The SMILES string of the molecule is Cc1ccc(C(NC(=O)OC(C)(C)C)C(=O)c2ccc(I)cc2)cc1Cl. The summed E-state index contributed by atoms with van der Waals surface area (Å²) in [5.74, 6) is -0.229. The van der Waals surface area contributed by atoms with Crippen molar-refractivity contribution in [2.75, 3.05) is 0 Å². The van der Waals surface area contributed by atoms with Crippen molar-refractivity contribution < 1.29 is 14.3 Å². The molecule has 138 valence electrons. The molecule has 0 aromatic heterocycles. The monoisotopic (exact) mass is 485 g/mol. The van der Waals surface area contributed by atoms with Gasteiger partial charge in [0.1, 0.15) is 11.6 Å². The van der Waals surface area contributed by atoms with E-state index in [-0.39, 0.29) is 5.78 Å². The van der Waals surface area contributed by atoms with E-state index in [2.05, 4.69) is 27.9 Å². The number of Topliss-reactive ketones (excluding diaryl/α,β-unsaturated/α-hetero) is 1. The minimum atomic E-state index is -0.886. The Balaban J connectivity index is 2.37. The van der Waals surface area contributed by atoms with E-state index in [1.54, 1.807) is 45.0 Å². The number of benzene rings is 2. The molecule has 0 bridgehead atoms. The predicted molar refractivity (Wildman–Crippen MR) is 112 cm³/mol. The number of amides is 1. The average molecular weight is 486 g/mol. The van der Waals surface area contributed by atoms with Crippen molar-refractivity contribution in [2.45, 2.75) is 39.3 Å². The van der Waals surface area contributed by atoms with Crippen LogP contribution in [0.4, 0.5) is 4.79 Å². The first-order chi connectivity index (χ1) is 12.1. The van der Waals surface area contributed by atoms with Crippen LogP contribution in [0.2, 0.25) is 5.02 Å². The first-order valence-electron chi connectivity index (χ1n) is 8.12. The summed E-state index contributed by atoms with van der Waals surface area (Å²) < 4.78 is 6.33. The van der Waals surface area contributed by atoms with Crippen LogP contribution in [0.1, 0.15) is 48.3 Å². The molecule has 1 N–H and O–H groups in total. The van der Waals surface area contributed by atoms with Gasteiger partial charge in [0.2, 0.25) is 0 Å². The molecule has 0 radical (unpaired) electrons. The molecule has 0 heterocycles. The molecule has 2 aromatic carbocycles. The summed E-state index contributed by atoms with van der Waals surface area (Å²) in [6.07, 6.45) is -0.655. The Hall–Kier alpha value is -1.60. The Labute approximate surface area is 172 Å². The van der Waals surface area contributed by atoms with Gasteiger partial charge in [0.05, 0.1) is 0 Å². The Kier molecular flexibility index (Phi) is 6.69. The van der Waals surface area contributed by atoms with E-state index in [1.807, 2.05) is 25.1 Å². The van der Waals surface area contributed by atoms with Gasteiger partial charge in [-0.2, -0.15) is 0 Å². The number of aryl methyl sites for hydroxylation is 1. The molecule has 0 fully saturated rings.